The zero-order chi connectivity index (χ0) is 17.2. The summed E-state index contributed by atoms with van der Waals surface area (Å²) in [6, 6.07) is 9.83. The average molecular weight is 331 g/mol. The Morgan fingerprint density at radius 2 is 2.04 bits per heavy atom. The number of nitrogens with zero attached hydrogens (tertiary/aromatic N) is 2. The van der Waals surface area contributed by atoms with Crippen LogP contribution in [0.1, 0.15) is 25.8 Å². The first-order valence-corrected chi connectivity index (χ1v) is 8.47. The number of carbonyl (C=O) groups excluding carboxylic acids is 2. The third-order valence-electron chi connectivity index (χ3n) is 4.90. The van der Waals surface area contributed by atoms with Crippen molar-refractivity contribution in [1.82, 2.24) is 15.1 Å². The van der Waals surface area contributed by atoms with Crippen LogP contribution in [0, 0.1) is 5.41 Å². The van der Waals surface area contributed by atoms with Crippen LogP contribution in [-0.4, -0.2) is 54.1 Å². The van der Waals surface area contributed by atoms with Crippen LogP contribution in [0.2, 0.25) is 0 Å². The maximum Gasteiger partial charge on any atom is 0.410 e. The van der Waals surface area contributed by atoms with Gasteiger partial charge in [-0.15, -0.1) is 0 Å². The maximum atomic E-state index is 12.4. The number of benzene rings is 1. The summed E-state index contributed by atoms with van der Waals surface area (Å²) in [6.45, 7) is 7.16. The van der Waals surface area contributed by atoms with Gasteiger partial charge in [0.1, 0.15) is 6.61 Å². The molecule has 2 saturated heterocycles. The number of nitrogens with one attached hydrogen (secondary N) is 1. The Kier molecular flexibility index (Phi) is 4.64. The summed E-state index contributed by atoms with van der Waals surface area (Å²) in [5, 5.41) is 2.86. The maximum absolute atomic E-state index is 12.4. The number of piperidine rings is 1. The SMILES string of the molecule is CC1(C)CN(C(=O)OCc2ccccc2)CC[C@@H]1N1CCNC1=O. The van der Waals surface area contributed by atoms with Gasteiger partial charge in [0.15, 0.2) is 0 Å². The van der Waals surface area contributed by atoms with Crippen LogP contribution in [0.3, 0.4) is 0 Å². The number of amides is 3. The first-order valence-electron chi connectivity index (χ1n) is 8.47. The monoisotopic (exact) mass is 331 g/mol. The van der Waals surface area contributed by atoms with E-state index < -0.39 is 0 Å². The van der Waals surface area contributed by atoms with Crippen molar-refractivity contribution in [2.24, 2.45) is 5.41 Å². The van der Waals surface area contributed by atoms with E-state index in [-0.39, 0.29) is 30.2 Å². The highest BCUT2D eigenvalue weighted by molar-refractivity contribution is 5.76. The Labute approximate surface area is 142 Å². The number of rotatable bonds is 3. The van der Waals surface area contributed by atoms with Crippen LogP contribution in [0.25, 0.3) is 0 Å². The minimum Gasteiger partial charge on any atom is -0.445 e. The van der Waals surface area contributed by atoms with Crippen molar-refractivity contribution >= 4 is 12.1 Å². The molecule has 3 amide bonds. The number of ether oxygens (including phenoxy) is 1. The Bertz CT molecular complexity index is 603. The van der Waals surface area contributed by atoms with E-state index in [0.717, 1.165) is 18.5 Å². The van der Waals surface area contributed by atoms with Crippen molar-refractivity contribution in [3.05, 3.63) is 35.9 Å². The van der Waals surface area contributed by atoms with Crippen molar-refractivity contribution in [2.75, 3.05) is 26.2 Å². The molecule has 6 heteroatoms. The zero-order valence-electron chi connectivity index (χ0n) is 14.3. The molecule has 2 aliphatic heterocycles. The van der Waals surface area contributed by atoms with Gasteiger partial charge in [0, 0.05) is 37.6 Å². The van der Waals surface area contributed by atoms with Gasteiger partial charge in [-0.05, 0) is 12.0 Å². The molecular formula is C18H25N3O3. The molecule has 3 rings (SSSR count). The fourth-order valence-electron chi connectivity index (χ4n) is 3.67. The van der Waals surface area contributed by atoms with Gasteiger partial charge in [0.05, 0.1) is 0 Å². The molecule has 0 bridgehead atoms. The van der Waals surface area contributed by atoms with Crippen molar-refractivity contribution in [3.8, 4) is 0 Å². The van der Waals surface area contributed by atoms with Crippen LogP contribution in [0.15, 0.2) is 30.3 Å². The first kappa shape index (κ1) is 16.6. The Balaban J connectivity index is 1.57. The van der Waals surface area contributed by atoms with Gasteiger partial charge < -0.3 is 19.9 Å². The highest BCUT2D eigenvalue weighted by atomic mass is 16.6. The molecule has 1 aromatic rings. The second-order valence-corrected chi connectivity index (χ2v) is 7.18. The molecule has 1 atom stereocenters. The van der Waals surface area contributed by atoms with E-state index in [1.54, 1.807) is 4.90 Å². The zero-order valence-corrected chi connectivity index (χ0v) is 14.3. The molecule has 0 spiro atoms. The summed E-state index contributed by atoms with van der Waals surface area (Å²) < 4.78 is 5.44. The van der Waals surface area contributed by atoms with E-state index in [4.69, 9.17) is 4.74 Å². The summed E-state index contributed by atoms with van der Waals surface area (Å²) in [4.78, 5) is 28.0. The molecule has 0 unspecified atom stereocenters. The Morgan fingerprint density at radius 1 is 1.29 bits per heavy atom. The lowest BCUT2D eigenvalue weighted by Gasteiger charge is -2.47. The highest BCUT2D eigenvalue weighted by Crippen LogP contribution is 2.34. The van der Waals surface area contributed by atoms with Crippen LogP contribution in [0.4, 0.5) is 9.59 Å². The number of hydrogen-bond donors (Lipinski definition) is 1. The number of carbonyl (C=O) groups is 2. The summed E-state index contributed by atoms with van der Waals surface area (Å²) in [5.41, 5.74) is 0.819. The molecule has 24 heavy (non-hydrogen) atoms. The van der Waals surface area contributed by atoms with Crippen molar-refractivity contribution in [1.29, 1.82) is 0 Å². The van der Waals surface area contributed by atoms with Gasteiger partial charge in [-0.2, -0.15) is 0 Å². The summed E-state index contributed by atoms with van der Waals surface area (Å²) in [6.07, 6.45) is 0.497. The van der Waals surface area contributed by atoms with Gasteiger partial charge in [-0.1, -0.05) is 44.2 Å². The van der Waals surface area contributed by atoms with Crippen molar-refractivity contribution < 1.29 is 14.3 Å². The summed E-state index contributed by atoms with van der Waals surface area (Å²) >= 11 is 0. The van der Waals surface area contributed by atoms with Gasteiger partial charge in [-0.25, -0.2) is 9.59 Å². The molecule has 1 aromatic carbocycles. The van der Waals surface area contributed by atoms with E-state index in [1.807, 2.05) is 35.2 Å². The standard InChI is InChI=1S/C18H25N3O3/c1-18(2)13-20(10-8-15(18)21-11-9-19-16(21)22)17(23)24-12-14-6-4-3-5-7-14/h3-7,15H,8-13H2,1-2H3,(H,19,22)/t15-/m0/s1. The van der Waals surface area contributed by atoms with Gasteiger partial charge >= 0.3 is 12.1 Å². The van der Waals surface area contributed by atoms with E-state index in [0.29, 0.717) is 19.6 Å². The fourth-order valence-corrected chi connectivity index (χ4v) is 3.67. The average Bonchev–Trinajstić information content (AvgIpc) is 2.98. The molecule has 0 aromatic heterocycles. The predicted octanol–water partition coefficient (Wildman–Crippen LogP) is 2.45. The van der Waals surface area contributed by atoms with Crippen LogP contribution >= 0.6 is 0 Å². The van der Waals surface area contributed by atoms with Crippen molar-refractivity contribution in [2.45, 2.75) is 32.9 Å². The van der Waals surface area contributed by atoms with Crippen LogP contribution < -0.4 is 5.32 Å². The predicted molar refractivity (Wildman–Crippen MR) is 90.5 cm³/mol. The van der Waals surface area contributed by atoms with Gasteiger partial charge in [-0.3, -0.25) is 0 Å². The summed E-state index contributed by atoms with van der Waals surface area (Å²) in [5.74, 6) is 0. The molecule has 130 valence electrons. The van der Waals surface area contributed by atoms with Gasteiger partial charge in [0.25, 0.3) is 0 Å². The molecular weight excluding hydrogens is 306 g/mol. The third-order valence-corrected chi connectivity index (χ3v) is 4.90. The second-order valence-electron chi connectivity index (χ2n) is 7.18. The Hall–Kier alpha value is -2.24. The number of urea groups is 1. The topological polar surface area (TPSA) is 61.9 Å². The molecule has 0 radical (unpaired) electrons. The van der Waals surface area contributed by atoms with Gasteiger partial charge in [0.2, 0.25) is 0 Å². The smallest absolute Gasteiger partial charge is 0.410 e. The van der Waals surface area contributed by atoms with Crippen molar-refractivity contribution in [3.63, 3.8) is 0 Å². The van der Waals surface area contributed by atoms with E-state index in [2.05, 4.69) is 19.2 Å². The lowest BCUT2D eigenvalue weighted by Crippen LogP contribution is -2.57. The lowest BCUT2D eigenvalue weighted by atomic mass is 9.78. The molecule has 0 aliphatic carbocycles. The summed E-state index contributed by atoms with van der Waals surface area (Å²) in [7, 11) is 0. The van der Waals surface area contributed by atoms with E-state index in [9.17, 15) is 9.59 Å². The largest absolute Gasteiger partial charge is 0.445 e. The number of hydrogen-bond acceptors (Lipinski definition) is 3. The van der Waals surface area contributed by atoms with Crippen LogP contribution in [0.5, 0.6) is 0 Å². The molecule has 0 saturated carbocycles. The van der Waals surface area contributed by atoms with Crippen LogP contribution in [-0.2, 0) is 11.3 Å². The lowest BCUT2D eigenvalue weighted by molar-refractivity contribution is 0.0208. The first-order chi connectivity index (χ1) is 11.5. The molecule has 6 nitrogen and oxygen atoms in total. The second kappa shape index (κ2) is 6.71. The molecule has 2 aliphatic rings. The normalized spacial score (nSPS) is 23.1. The minimum atomic E-state index is -0.281. The molecule has 2 fully saturated rings. The Morgan fingerprint density at radius 3 is 2.67 bits per heavy atom. The molecule has 1 N–H and O–H groups in total. The minimum absolute atomic E-state index is 0.00757. The fraction of sp³-hybridized carbons (Fsp3) is 0.556. The highest BCUT2D eigenvalue weighted by Gasteiger charge is 2.43. The van der Waals surface area contributed by atoms with E-state index in [1.165, 1.54) is 0 Å². The molecule has 2 heterocycles. The third kappa shape index (κ3) is 3.47. The number of likely N-dealkylation sites (tertiary alicyclic amines) is 1. The quantitative estimate of drug-likeness (QED) is 0.925. The van der Waals surface area contributed by atoms with E-state index >= 15 is 0 Å².